The highest BCUT2D eigenvalue weighted by molar-refractivity contribution is 7.80. The van der Waals surface area contributed by atoms with Gasteiger partial charge in [0.1, 0.15) is 4.99 Å². The van der Waals surface area contributed by atoms with Crippen LogP contribution in [-0.2, 0) is 11.3 Å². The number of nitrogens with two attached hydrogens (primary N) is 1. The summed E-state index contributed by atoms with van der Waals surface area (Å²) in [6.07, 6.45) is 2.24. The van der Waals surface area contributed by atoms with Crippen LogP contribution in [0.4, 0.5) is 0 Å². The molecule has 0 spiro atoms. The Morgan fingerprint density at radius 3 is 2.75 bits per heavy atom. The second-order valence-corrected chi connectivity index (χ2v) is 5.96. The SMILES string of the molecule is Cc1cc(C(N)=S)ccc1CN(C)CC(=O)NC1CC1. The van der Waals surface area contributed by atoms with E-state index in [0.29, 0.717) is 17.6 Å². The average molecular weight is 291 g/mol. The van der Waals surface area contributed by atoms with Gasteiger partial charge < -0.3 is 11.1 Å². The lowest BCUT2D eigenvalue weighted by Crippen LogP contribution is -2.36. The molecule has 0 aromatic heterocycles. The molecule has 1 aromatic rings. The Morgan fingerprint density at radius 1 is 1.50 bits per heavy atom. The third-order valence-electron chi connectivity index (χ3n) is 3.42. The van der Waals surface area contributed by atoms with Gasteiger partial charge >= 0.3 is 0 Å². The highest BCUT2D eigenvalue weighted by Crippen LogP contribution is 2.18. The standard InChI is InChI=1S/C15H21N3OS/c1-10-7-11(15(16)20)3-4-12(10)8-18(2)9-14(19)17-13-5-6-13/h3-4,7,13H,5-6,8-9H2,1-2H3,(H2,16,20)(H,17,19). The molecule has 20 heavy (non-hydrogen) atoms. The largest absolute Gasteiger partial charge is 0.389 e. The van der Waals surface area contributed by atoms with Crippen molar-refractivity contribution in [3.05, 3.63) is 34.9 Å². The molecular formula is C15H21N3OS. The van der Waals surface area contributed by atoms with Gasteiger partial charge in [0, 0.05) is 18.2 Å². The van der Waals surface area contributed by atoms with E-state index in [9.17, 15) is 4.79 Å². The first-order chi connectivity index (χ1) is 9.45. The molecule has 0 heterocycles. The monoisotopic (exact) mass is 291 g/mol. The van der Waals surface area contributed by atoms with Crippen molar-refractivity contribution in [1.29, 1.82) is 0 Å². The number of carbonyl (C=O) groups excluding carboxylic acids is 1. The highest BCUT2D eigenvalue weighted by Gasteiger charge is 2.23. The van der Waals surface area contributed by atoms with E-state index in [1.54, 1.807) is 0 Å². The van der Waals surface area contributed by atoms with Gasteiger partial charge in [-0.3, -0.25) is 9.69 Å². The summed E-state index contributed by atoms with van der Waals surface area (Å²) in [5.74, 6) is 0.104. The molecule has 108 valence electrons. The molecule has 3 N–H and O–H groups in total. The number of rotatable bonds is 6. The minimum Gasteiger partial charge on any atom is -0.389 e. The van der Waals surface area contributed by atoms with Gasteiger partial charge in [0.15, 0.2) is 0 Å². The molecule has 2 rings (SSSR count). The molecule has 0 bridgehead atoms. The zero-order valence-electron chi connectivity index (χ0n) is 12.0. The Balaban J connectivity index is 1.91. The van der Waals surface area contributed by atoms with Gasteiger partial charge in [-0.15, -0.1) is 0 Å². The Bertz CT molecular complexity index is 526. The lowest BCUT2D eigenvalue weighted by molar-refractivity contribution is -0.122. The number of amides is 1. The molecule has 1 aliphatic rings. The summed E-state index contributed by atoms with van der Waals surface area (Å²) in [7, 11) is 1.95. The van der Waals surface area contributed by atoms with Crippen LogP contribution in [0.3, 0.4) is 0 Å². The number of benzene rings is 1. The second-order valence-electron chi connectivity index (χ2n) is 5.52. The smallest absolute Gasteiger partial charge is 0.234 e. The number of nitrogens with zero attached hydrogens (tertiary/aromatic N) is 1. The van der Waals surface area contributed by atoms with Crippen LogP contribution in [0.15, 0.2) is 18.2 Å². The van der Waals surface area contributed by atoms with E-state index in [-0.39, 0.29) is 5.91 Å². The van der Waals surface area contributed by atoms with E-state index in [1.165, 1.54) is 5.56 Å². The molecule has 1 saturated carbocycles. The van der Waals surface area contributed by atoms with Gasteiger partial charge in [0.05, 0.1) is 6.54 Å². The summed E-state index contributed by atoms with van der Waals surface area (Å²) in [5.41, 5.74) is 8.83. The lowest BCUT2D eigenvalue weighted by Gasteiger charge is -2.18. The van der Waals surface area contributed by atoms with Crippen molar-refractivity contribution in [2.45, 2.75) is 32.4 Å². The molecule has 1 fully saturated rings. The van der Waals surface area contributed by atoms with Crippen molar-refractivity contribution in [2.75, 3.05) is 13.6 Å². The minimum absolute atomic E-state index is 0.104. The van der Waals surface area contributed by atoms with E-state index in [1.807, 2.05) is 37.1 Å². The lowest BCUT2D eigenvalue weighted by atomic mass is 10.0. The molecule has 0 atom stereocenters. The zero-order valence-corrected chi connectivity index (χ0v) is 12.8. The van der Waals surface area contributed by atoms with Gasteiger partial charge in [-0.1, -0.05) is 24.4 Å². The highest BCUT2D eigenvalue weighted by atomic mass is 32.1. The third kappa shape index (κ3) is 4.28. The number of nitrogens with one attached hydrogen (secondary N) is 1. The number of carbonyl (C=O) groups is 1. The number of hydrogen-bond donors (Lipinski definition) is 2. The van der Waals surface area contributed by atoms with Crippen LogP contribution in [0.2, 0.25) is 0 Å². The molecule has 0 unspecified atom stereocenters. The van der Waals surface area contributed by atoms with Crippen molar-refractivity contribution in [3.8, 4) is 0 Å². The van der Waals surface area contributed by atoms with E-state index in [0.717, 1.165) is 30.5 Å². The Kier molecular flexibility index (Phi) is 4.73. The number of hydrogen-bond acceptors (Lipinski definition) is 3. The fourth-order valence-corrected chi connectivity index (χ4v) is 2.25. The van der Waals surface area contributed by atoms with Crippen LogP contribution in [0, 0.1) is 6.92 Å². The van der Waals surface area contributed by atoms with Crippen LogP contribution >= 0.6 is 12.2 Å². The van der Waals surface area contributed by atoms with Gasteiger partial charge in [0.2, 0.25) is 5.91 Å². The maximum atomic E-state index is 11.7. The normalized spacial score (nSPS) is 14.3. The van der Waals surface area contributed by atoms with E-state index in [4.69, 9.17) is 18.0 Å². The Labute approximate surface area is 125 Å². The first-order valence-corrected chi connectivity index (χ1v) is 7.24. The van der Waals surface area contributed by atoms with Crippen LogP contribution < -0.4 is 11.1 Å². The molecule has 5 heteroatoms. The van der Waals surface area contributed by atoms with E-state index < -0.39 is 0 Å². The van der Waals surface area contributed by atoms with Gasteiger partial charge in [-0.2, -0.15) is 0 Å². The van der Waals surface area contributed by atoms with E-state index in [2.05, 4.69) is 5.32 Å². The maximum absolute atomic E-state index is 11.7. The van der Waals surface area contributed by atoms with Crippen molar-refractivity contribution in [1.82, 2.24) is 10.2 Å². The van der Waals surface area contributed by atoms with Crippen LogP contribution in [0.25, 0.3) is 0 Å². The predicted molar refractivity (Wildman–Crippen MR) is 84.6 cm³/mol. The van der Waals surface area contributed by atoms with Crippen molar-refractivity contribution in [3.63, 3.8) is 0 Å². The molecule has 1 aromatic carbocycles. The van der Waals surface area contributed by atoms with Crippen LogP contribution in [0.1, 0.15) is 29.5 Å². The number of likely N-dealkylation sites (N-methyl/N-ethyl adjacent to an activating group) is 1. The fourth-order valence-electron chi connectivity index (χ4n) is 2.12. The Morgan fingerprint density at radius 2 is 2.20 bits per heavy atom. The summed E-state index contributed by atoms with van der Waals surface area (Å²) in [4.78, 5) is 14.2. The quantitative estimate of drug-likeness (QED) is 0.777. The van der Waals surface area contributed by atoms with Crippen molar-refractivity contribution in [2.24, 2.45) is 5.73 Å². The van der Waals surface area contributed by atoms with Crippen LogP contribution in [-0.4, -0.2) is 35.4 Å². The summed E-state index contributed by atoms with van der Waals surface area (Å²) in [6, 6.07) is 6.37. The molecule has 0 radical (unpaired) electrons. The van der Waals surface area contributed by atoms with Gasteiger partial charge in [-0.05, 0) is 44.0 Å². The summed E-state index contributed by atoms with van der Waals surface area (Å²) < 4.78 is 0. The minimum atomic E-state index is 0.104. The van der Waals surface area contributed by atoms with E-state index >= 15 is 0 Å². The van der Waals surface area contributed by atoms with Crippen molar-refractivity contribution < 1.29 is 4.79 Å². The van der Waals surface area contributed by atoms with Gasteiger partial charge in [-0.25, -0.2) is 0 Å². The average Bonchev–Trinajstić information content (AvgIpc) is 3.15. The molecule has 1 aliphatic carbocycles. The molecule has 0 saturated heterocycles. The fraction of sp³-hybridized carbons (Fsp3) is 0.467. The number of thiocarbonyl (C=S) groups is 1. The summed E-state index contributed by atoms with van der Waals surface area (Å²) >= 11 is 4.97. The zero-order chi connectivity index (χ0) is 14.7. The van der Waals surface area contributed by atoms with Crippen molar-refractivity contribution >= 4 is 23.1 Å². The second kappa shape index (κ2) is 6.33. The third-order valence-corrected chi connectivity index (χ3v) is 3.66. The predicted octanol–water partition coefficient (Wildman–Crippen LogP) is 1.34. The first-order valence-electron chi connectivity index (χ1n) is 6.83. The Hall–Kier alpha value is -1.46. The van der Waals surface area contributed by atoms with Crippen LogP contribution in [0.5, 0.6) is 0 Å². The molecule has 4 nitrogen and oxygen atoms in total. The molecular weight excluding hydrogens is 270 g/mol. The molecule has 1 amide bonds. The first kappa shape index (κ1) is 14.9. The summed E-state index contributed by atoms with van der Waals surface area (Å²) in [6.45, 7) is 3.20. The topological polar surface area (TPSA) is 58.4 Å². The maximum Gasteiger partial charge on any atom is 0.234 e. The summed E-state index contributed by atoms with van der Waals surface area (Å²) in [5, 5.41) is 2.99. The molecule has 0 aliphatic heterocycles. The number of aryl methyl sites for hydroxylation is 1. The van der Waals surface area contributed by atoms with Gasteiger partial charge in [0.25, 0.3) is 0 Å².